The fourth-order valence-electron chi connectivity index (χ4n) is 6.19. The van der Waals surface area contributed by atoms with Gasteiger partial charge >= 0.3 is 0 Å². The van der Waals surface area contributed by atoms with Crippen molar-refractivity contribution < 1.29 is 28.3 Å². The minimum absolute atomic E-state index is 0.0169. The largest absolute Gasteiger partial charge is 0.449 e. The Morgan fingerprint density at radius 2 is 1.79 bits per heavy atom. The quantitative estimate of drug-likeness (QED) is 0.410. The summed E-state index contributed by atoms with van der Waals surface area (Å²) >= 11 is 5.93. The summed E-state index contributed by atoms with van der Waals surface area (Å²) in [5.74, 6) is -0.653. The van der Waals surface area contributed by atoms with E-state index in [9.17, 15) is 19.2 Å². The lowest BCUT2D eigenvalue weighted by molar-refractivity contribution is -0.134. The number of anilines is 2. The van der Waals surface area contributed by atoms with E-state index in [2.05, 4.69) is 15.6 Å². The van der Waals surface area contributed by atoms with Crippen molar-refractivity contribution in [2.45, 2.75) is 51.0 Å². The fraction of sp³-hybridized carbons (Fsp3) is 0.452. The molecule has 43 heavy (non-hydrogen) atoms. The Labute approximate surface area is 253 Å². The maximum atomic E-state index is 13.6. The zero-order valence-electron chi connectivity index (χ0n) is 23.8. The molecule has 0 bridgehead atoms. The zero-order valence-corrected chi connectivity index (χ0v) is 24.5. The topological polar surface area (TPSA) is 134 Å². The summed E-state index contributed by atoms with van der Waals surface area (Å²) in [6.07, 6.45) is 5.90. The maximum Gasteiger partial charge on any atom is 0.294 e. The second kappa shape index (κ2) is 12.7. The average molecular weight is 608 g/mol. The lowest BCUT2D eigenvalue weighted by Gasteiger charge is -2.34. The number of carbonyl (C=O) groups excluding carboxylic acids is 4. The third-order valence-electron chi connectivity index (χ3n) is 8.51. The fourth-order valence-corrected chi connectivity index (χ4v) is 6.30. The van der Waals surface area contributed by atoms with Crippen LogP contribution in [-0.2, 0) is 25.5 Å². The molecule has 0 radical (unpaired) electrons. The molecule has 2 N–H and O–H groups in total. The summed E-state index contributed by atoms with van der Waals surface area (Å²) in [5.41, 5.74) is 1.40. The summed E-state index contributed by atoms with van der Waals surface area (Å²) in [6, 6.07) is 8.64. The number of hydrogen-bond donors (Lipinski definition) is 2. The Kier molecular flexibility index (Phi) is 8.62. The standard InChI is InChI=1S/C31H34ClN5O6/c32-21-6-10-25(33-18-21)34-31(41)29-28(35-30(40)20-4-7-22(8-5-20)37-11-1-2-26(37)38)23-16-19(3-9-24(23)43-29)17-27(39)36-12-14-42-15-13-36/h3,6,9-10,16,18,20,22H,1-2,4-5,7-8,11-15,17H2,(H,35,40)(H,33,34,41). The van der Waals surface area contributed by atoms with Crippen LogP contribution in [-0.4, -0.2) is 77.3 Å². The molecule has 3 aromatic rings. The smallest absolute Gasteiger partial charge is 0.294 e. The van der Waals surface area contributed by atoms with Crippen molar-refractivity contribution >= 4 is 57.7 Å². The van der Waals surface area contributed by atoms with Crippen LogP contribution in [0.25, 0.3) is 11.0 Å². The van der Waals surface area contributed by atoms with Crippen molar-refractivity contribution in [2.24, 2.45) is 5.92 Å². The van der Waals surface area contributed by atoms with E-state index >= 15 is 0 Å². The molecule has 0 atom stereocenters. The molecule has 1 saturated carbocycles. The molecule has 2 aliphatic heterocycles. The number of hydrogen-bond acceptors (Lipinski definition) is 7. The van der Waals surface area contributed by atoms with Crippen molar-refractivity contribution in [1.82, 2.24) is 14.8 Å². The second-order valence-corrected chi connectivity index (χ2v) is 11.7. The molecule has 12 heteroatoms. The second-order valence-electron chi connectivity index (χ2n) is 11.3. The highest BCUT2D eigenvalue weighted by Gasteiger charge is 2.34. The Bertz CT molecular complexity index is 1530. The van der Waals surface area contributed by atoms with E-state index in [1.54, 1.807) is 35.2 Å². The number of nitrogens with zero attached hydrogens (tertiary/aromatic N) is 3. The number of likely N-dealkylation sites (tertiary alicyclic amines) is 1. The highest BCUT2D eigenvalue weighted by atomic mass is 35.5. The molecule has 0 unspecified atom stereocenters. The van der Waals surface area contributed by atoms with Crippen molar-refractivity contribution in [3.63, 3.8) is 0 Å². The number of ether oxygens (including phenoxy) is 1. The van der Waals surface area contributed by atoms with E-state index < -0.39 is 5.91 Å². The van der Waals surface area contributed by atoms with Crippen molar-refractivity contribution in [1.29, 1.82) is 0 Å². The number of rotatable bonds is 7. The van der Waals surface area contributed by atoms with Gasteiger partial charge in [0.1, 0.15) is 17.1 Å². The zero-order chi connectivity index (χ0) is 29.9. The first kappa shape index (κ1) is 29.1. The highest BCUT2D eigenvalue weighted by Crippen LogP contribution is 2.35. The molecule has 3 aliphatic rings. The minimum Gasteiger partial charge on any atom is -0.449 e. The monoisotopic (exact) mass is 607 g/mol. The Balaban J connectivity index is 1.23. The average Bonchev–Trinajstić information content (AvgIpc) is 3.62. The predicted octanol–water partition coefficient (Wildman–Crippen LogP) is 4.25. The van der Waals surface area contributed by atoms with Crippen LogP contribution in [0.2, 0.25) is 5.02 Å². The van der Waals surface area contributed by atoms with Gasteiger partial charge in [-0.15, -0.1) is 0 Å². The van der Waals surface area contributed by atoms with Crippen molar-refractivity contribution in [3.8, 4) is 0 Å². The van der Waals surface area contributed by atoms with Gasteiger partial charge in [-0.2, -0.15) is 0 Å². The van der Waals surface area contributed by atoms with Crippen LogP contribution in [0.1, 0.15) is 54.6 Å². The number of benzene rings is 1. The number of nitrogens with one attached hydrogen (secondary N) is 2. The van der Waals surface area contributed by atoms with Crippen LogP contribution in [0.5, 0.6) is 0 Å². The number of morpholine rings is 1. The molecule has 6 rings (SSSR count). The summed E-state index contributed by atoms with van der Waals surface area (Å²) in [7, 11) is 0. The number of halogens is 1. The van der Waals surface area contributed by atoms with Crippen LogP contribution in [0.4, 0.5) is 11.5 Å². The lowest BCUT2D eigenvalue weighted by Crippen LogP contribution is -2.41. The van der Waals surface area contributed by atoms with Crippen LogP contribution >= 0.6 is 11.6 Å². The molecule has 226 valence electrons. The van der Waals surface area contributed by atoms with Gasteiger partial charge in [0.2, 0.25) is 23.5 Å². The third-order valence-corrected chi connectivity index (χ3v) is 8.74. The molecule has 3 fully saturated rings. The molecule has 4 amide bonds. The van der Waals surface area contributed by atoms with Gasteiger partial charge < -0.3 is 29.6 Å². The van der Waals surface area contributed by atoms with Crippen molar-refractivity contribution in [2.75, 3.05) is 43.5 Å². The van der Waals surface area contributed by atoms with Gasteiger partial charge in [-0.3, -0.25) is 19.2 Å². The minimum atomic E-state index is -0.580. The molecular formula is C31H34ClN5O6. The van der Waals surface area contributed by atoms with E-state index in [4.69, 9.17) is 20.8 Å². The summed E-state index contributed by atoms with van der Waals surface area (Å²) in [4.78, 5) is 60.0. The number of carbonyl (C=O) groups is 4. The van der Waals surface area contributed by atoms with Crippen LogP contribution in [0.3, 0.4) is 0 Å². The number of fused-ring (bicyclic) bond motifs is 1. The van der Waals surface area contributed by atoms with Gasteiger partial charge in [0.15, 0.2) is 0 Å². The summed E-state index contributed by atoms with van der Waals surface area (Å²) in [5, 5.41) is 6.66. The molecule has 4 heterocycles. The van der Waals surface area contributed by atoms with E-state index in [1.165, 1.54) is 6.20 Å². The molecule has 2 saturated heterocycles. The van der Waals surface area contributed by atoms with Gasteiger partial charge in [0.05, 0.1) is 24.7 Å². The van der Waals surface area contributed by atoms with E-state index in [0.717, 1.165) is 31.4 Å². The molecule has 1 aromatic carbocycles. The Morgan fingerprint density at radius 1 is 1.00 bits per heavy atom. The first-order valence-electron chi connectivity index (χ1n) is 14.8. The summed E-state index contributed by atoms with van der Waals surface area (Å²) in [6.45, 7) is 2.91. The van der Waals surface area contributed by atoms with E-state index in [0.29, 0.717) is 61.6 Å². The molecular weight excluding hydrogens is 574 g/mol. The van der Waals surface area contributed by atoms with Gasteiger partial charge in [-0.1, -0.05) is 17.7 Å². The maximum absolute atomic E-state index is 13.6. The van der Waals surface area contributed by atoms with Crippen LogP contribution < -0.4 is 10.6 Å². The highest BCUT2D eigenvalue weighted by molar-refractivity contribution is 6.30. The van der Waals surface area contributed by atoms with E-state index in [1.807, 2.05) is 4.90 Å². The lowest BCUT2D eigenvalue weighted by atomic mass is 9.84. The SMILES string of the molecule is O=C(Nc1ccc(Cl)cn1)c1oc2ccc(CC(=O)N3CCOCC3)cc2c1NC(=O)C1CCC(N2CCCC2=O)CC1. The molecule has 11 nitrogen and oxygen atoms in total. The number of amides is 4. The Morgan fingerprint density at radius 3 is 2.49 bits per heavy atom. The van der Waals surface area contributed by atoms with Gasteiger partial charge in [0.25, 0.3) is 5.91 Å². The predicted molar refractivity (Wildman–Crippen MR) is 160 cm³/mol. The first-order valence-corrected chi connectivity index (χ1v) is 15.2. The third kappa shape index (κ3) is 6.52. The normalized spacial score (nSPS) is 20.8. The number of furan rings is 1. The molecule has 0 spiro atoms. The van der Waals surface area contributed by atoms with Crippen LogP contribution in [0, 0.1) is 5.92 Å². The summed E-state index contributed by atoms with van der Waals surface area (Å²) < 4.78 is 11.3. The molecule has 2 aromatic heterocycles. The van der Waals surface area contributed by atoms with Crippen molar-refractivity contribution in [3.05, 3.63) is 52.9 Å². The number of pyridine rings is 1. The van der Waals surface area contributed by atoms with Gasteiger partial charge in [-0.25, -0.2) is 4.98 Å². The van der Waals surface area contributed by atoms with Crippen LogP contribution in [0.15, 0.2) is 40.9 Å². The Hall–Kier alpha value is -3.96. The van der Waals surface area contributed by atoms with Gasteiger partial charge in [0, 0.05) is 49.6 Å². The molecule has 1 aliphatic carbocycles. The first-order chi connectivity index (χ1) is 20.9. The van der Waals surface area contributed by atoms with Gasteiger partial charge in [-0.05, 0) is 61.9 Å². The number of aromatic nitrogens is 1. The van der Waals surface area contributed by atoms with E-state index in [-0.39, 0.29) is 53.4 Å².